The summed E-state index contributed by atoms with van der Waals surface area (Å²) in [7, 11) is -3.72. The summed E-state index contributed by atoms with van der Waals surface area (Å²) in [5.74, 6) is -0.168. The van der Waals surface area contributed by atoms with E-state index in [9.17, 15) is 13.2 Å². The van der Waals surface area contributed by atoms with E-state index in [4.69, 9.17) is 9.56 Å². The number of carbonyl (C=O) groups is 1. The first-order valence-electron chi connectivity index (χ1n) is 5.96. The molecule has 0 bridgehead atoms. The third-order valence-corrected chi connectivity index (χ3v) is 4.21. The molecule has 0 spiro atoms. The second-order valence-corrected chi connectivity index (χ2v) is 6.76. The van der Waals surface area contributed by atoms with E-state index in [-0.39, 0.29) is 22.6 Å². The highest BCUT2D eigenvalue weighted by Gasteiger charge is 2.15. The Kier molecular flexibility index (Phi) is 4.50. The Morgan fingerprint density at radius 1 is 1.24 bits per heavy atom. The van der Waals surface area contributed by atoms with Crippen molar-refractivity contribution < 1.29 is 17.6 Å². The van der Waals surface area contributed by atoms with Crippen LogP contribution in [0.3, 0.4) is 0 Å². The summed E-state index contributed by atoms with van der Waals surface area (Å²) in [6.45, 7) is 1.78. The fourth-order valence-corrected chi connectivity index (χ4v) is 2.56. The van der Waals surface area contributed by atoms with Gasteiger partial charge in [-0.2, -0.15) is 0 Å². The largest absolute Gasteiger partial charge is 0.444 e. The zero-order valence-electron chi connectivity index (χ0n) is 11.0. The number of furan rings is 1. The Morgan fingerprint density at radius 2 is 1.86 bits per heavy atom. The van der Waals surface area contributed by atoms with Crippen LogP contribution in [0.1, 0.15) is 29.1 Å². The van der Waals surface area contributed by atoms with Gasteiger partial charge in [0.25, 0.3) is 5.91 Å². The van der Waals surface area contributed by atoms with E-state index in [1.54, 1.807) is 31.2 Å². The molecule has 1 aromatic heterocycles. The molecule has 1 heterocycles. The van der Waals surface area contributed by atoms with Gasteiger partial charge in [0, 0.05) is 0 Å². The topological polar surface area (TPSA) is 102 Å². The second-order valence-electron chi connectivity index (χ2n) is 4.41. The van der Waals surface area contributed by atoms with Crippen LogP contribution in [-0.2, 0) is 10.0 Å². The fraction of sp³-hybridized carbons (Fsp3) is 0.154. The number of hydrogen-bond acceptors (Lipinski definition) is 4. The number of halogens is 1. The molecule has 3 N–H and O–H groups in total. The predicted octanol–water partition coefficient (Wildman–Crippen LogP) is 2.18. The minimum atomic E-state index is -3.72. The zero-order chi connectivity index (χ0) is 15.6. The molecule has 0 aliphatic heterocycles. The first-order chi connectivity index (χ1) is 9.77. The molecule has 2 rings (SSSR count). The minimum Gasteiger partial charge on any atom is -0.444 e. The van der Waals surface area contributed by atoms with E-state index < -0.39 is 10.0 Å². The third-order valence-electron chi connectivity index (χ3n) is 2.85. The highest BCUT2D eigenvalue weighted by Crippen LogP contribution is 2.18. The molecule has 1 atom stereocenters. The maximum absolute atomic E-state index is 11.9. The molecule has 1 aromatic carbocycles. The van der Waals surface area contributed by atoms with Gasteiger partial charge in [-0.25, -0.2) is 13.6 Å². The van der Waals surface area contributed by atoms with Crippen LogP contribution in [0.2, 0.25) is 0 Å². The quantitative estimate of drug-likeness (QED) is 0.858. The molecular weight excluding hydrogens is 360 g/mol. The Morgan fingerprint density at radius 3 is 2.33 bits per heavy atom. The molecule has 0 saturated heterocycles. The lowest BCUT2D eigenvalue weighted by Crippen LogP contribution is -2.26. The van der Waals surface area contributed by atoms with E-state index in [2.05, 4.69) is 21.2 Å². The lowest BCUT2D eigenvalue weighted by Gasteiger charge is -2.13. The Balaban J connectivity index is 2.10. The highest BCUT2D eigenvalue weighted by molar-refractivity contribution is 9.10. The van der Waals surface area contributed by atoms with Crippen molar-refractivity contribution in [3.63, 3.8) is 0 Å². The Labute approximate surface area is 130 Å². The van der Waals surface area contributed by atoms with Crippen molar-refractivity contribution in [3.8, 4) is 0 Å². The van der Waals surface area contributed by atoms with Crippen LogP contribution in [-0.4, -0.2) is 14.3 Å². The molecule has 0 unspecified atom stereocenters. The zero-order valence-corrected chi connectivity index (χ0v) is 13.4. The second kappa shape index (κ2) is 6.00. The molecule has 0 radical (unpaired) electrons. The molecule has 2 aromatic rings. The third kappa shape index (κ3) is 3.93. The van der Waals surface area contributed by atoms with Gasteiger partial charge in [-0.15, -0.1) is 0 Å². The van der Waals surface area contributed by atoms with Crippen molar-refractivity contribution in [3.05, 3.63) is 52.4 Å². The first kappa shape index (κ1) is 15.7. The summed E-state index contributed by atoms with van der Waals surface area (Å²) in [4.78, 5) is 12.0. The first-order valence-corrected chi connectivity index (χ1v) is 8.30. The van der Waals surface area contributed by atoms with Gasteiger partial charge >= 0.3 is 0 Å². The summed E-state index contributed by atoms with van der Waals surface area (Å²) in [6, 6.07) is 8.87. The van der Waals surface area contributed by atoms with E-state index in [0.29, 0.717) is 4.67 Å². The fourth-order valence-electron chi connectivity index (χ4n) is 1.73. The molecule has 0 aliphatic rings. The summed E-state index contributed by atoms with van der Waals surface area (Å²) in [5, 5.41) is 7.78. The lowest BCUT2D eigenvalue weighted by atomic mass is 10.1. The van der Waals surface area contributed by atoms with E-state index in [1.807, 2.05) is 0 Å². The van der Waals surface area contributed by atoms with Crippen LogP contribution < -0.4 is 10.5 Å². The van der Waals surface area contributed by atoms with Gasteiger partial charge in [-0.05, 0) is 52.7 Å². The predicted molar refractivity (Wildman–Crippen MR) is 80.1 cm³/mol. The summed E-state index contributed by atoms with van der Waals surface area (Å²) in [5.41, 5.74) is 0.751. The van der Waals surface area contributed by atoms with Crippen molar-refractivity contribution in [2.45, 2.75) is 17.9 Å². The van der Waals surface area contributed by atoms with Crippen molar-refractivity contribution in [1.82, 2.24) is 5.32 Å². The van der Waals surface area contributed by atoms with Crippen LogP contribution in [0.25, 0.3) is 0 Å². The monoisotopic (exact) mass is 372 g/mol. The Bertz CT molecular complexity index is 753. The molecule has 6 nitrogen and oxygen atoms in total. The number of primary sulfonamides is 1. The number of benzene rings is 1. The Hall–Kier alpha value is -1.64. The molecule has 21 heavy (non-hydrogen) atoms. The van der Waals surface area contributed by atoms with Crippen LogP contribution in [0.15, 0.2) is 50.4 Å². The molecule has 0 aliphatic carbocycles. The molecule has 0 saturated carbocycles. The van der Waals surface area contributed by atoms with E-state index in [0.717, 1.165) is 5.56 Å². The average molecular weight is 373 g/mol. The smallest absolute Gasteiger partial charge is 0.287 e. The summed E-state index contributed by atoms with van der Waals surface area (Å²) < 4.78 is 28.0. The SMILES string of the molecule is C[C@H](NC(=O)c1ccc(Br)o1)c1ccc(S(N)(=O)=O)cc1. The maximum atomic E-state index is 11.9. The highest BCUT2D eigenvalue weighted by atomic mass is 79.9. The molecule has 112 valence electrons. The van der Waals surface area contributed by atoms with Crippen LogP contribution in [0, 0.1) is 0 Å². The molecule has 8 heteroatoms. The molecular formula is C13H13BrN2O4S. The minimum absolute atomic E-state index is 0.0275. The van der Waals surface area contributed by atoms with Crippen molar-refractivity contribution >= 4 is 31.9 Å². The normalized spacial score (nSPS) is 12.9. The lowest BCUT2D eigenvalue weighted by molar-refractivity contribution is 0.0910. The van der Waals surface area contributed by atoms with Gasteiger partial charge in [-0.3, -0.25) is 4.79 Å². The van der Waals surface area contributed by atoms with E-state index >= 15 is 0 Å². The van der Waals surface area contributed by atoms with Crippen molar-refractivity contribution in [2.75, 3.05) is 0 Å². The summed E-state index contributed by atoms with van der Waals surface area (Å²) >= 11 is 3.12. The number of amides is 1. The van der Waals surface area contributed by atoms with Gasteiger partial charge in [0.2, 0.25) is 10.0 Å². The van der Waals surface area contributed by atoms with Gasteiger partial charge in [0.05, 0.1) is 10.9 Å². The molecule has 0 fully saturated rings. The number of sulfonamides is 1. The van der Waals surface area contributed by atoms with Crippen LogP contribution in [0.4, 0.5) is 0 Å². The van der Waals surface area contributed by atoms with Gasteiger partial charge < -0.3 is 9.73 Å². The maximum Gasteiger partial charge on any atom is 0.287 e. The van der Waals surface area contributed by atoms with Crippen LogP contribution in [0.5, 0.6) is 0 Å². The number of hydrogen-bond donors (Lipinski definition) is 2. The summed E-state index contributed by atoms with van der Waals surface area (Å²) in [6.07, 6.45) is 0. The average Bonchev–Trinajstić information content (AvgIpc) is 2.84. The number of nitrogens with one attached hydrogen (secondary N) is 1. The molecule has 1 amide bonds. The number of carbonyl (C=O) groups excluding carboxylic acids is 1. The van der Waals surface area contributed by atoms with Crippen molar-refractivity contribution in [1.29, 1.82) is 0 Å². The number of rotatable bonds is 4. The van der Waals surface area contributed by atoms with Gasteiger partial charge in [0.15, 0.2) is 10.4 Å². The van der Waals surface area contributed by atoms with Crippen molar-refractivity contribution in [2.24, 2.45) is 5.14 Å². The standard InChI is InChI=1S/C13H13BrN2O4S/c1-8(16-13(17)11-6-7-12(14)20-11)9-2-4-10(5-3-9)21(15,18)19/h2-8H,1H3,(H,16,17)(H2,15,18,19)/t8-/m0/s1. The van der Waals surface area contributed by atoms with E-state index in [1.165, 1.54) is 12.1 Å². The van der Waals surface area contributed by atoms with Gasteiger partial charge in [-0.1, -0.05) is 12.1 Å². The van der Waals surface area contributed by atoms with Gasteiger partial charge in [0.1, 0.15) is 0 Å². The van der Waals surface area contributed by atoms with Crippen LogP contribution >= 0.6 is 15.9 Å². The number of nitrogens with two attached hydrogens (primary N) is 1.